The van der Waals surface area contributed by atoms with Crippen molar-refractivity contribution in [2.45, 2.75) is 76.6 Å². The molecule has 1 spiro atoms. The predicted molar refractivity (Wildman–Crippen MR) is 161 cm³/mol. The molecule has 0 amide bonds. The smallest absolute Gasteiger partial charge is 0.323 e. The molecule has 4 nitrogen and oxygen atoms in total. The number of carbonyl (C=O) groups excluding carboxylic acids is 1. The lowest BCUT2D eigenvalue weighted by atomic mass is 9.68. The van der Waals surface area contributed by atoms with E-state index in [1.807, 2.05) is 6.07 Å². The number of hydrogen-bond donors (Lipinski definition) is 0. The van der Waals surface area contributed by atoms with E-state index in [1.165, 1.54) is 23.0 Å². The standard InChI is InChI=1S/C34H43NO3Si/c1-33(2,3)39(29-18-10-6-11-19-29,30-20-12-7-13-21-30)38-28-17-14-22-34(25-28)23-24-35(31(34)32(36)37-4)26-27-15-8-5-9-16-27/h5-13,15-16,18-21,28,31H,14,17,22-26H2,1-4H3. The number of carbonyl (C=O) groups is 1. The van der Waals surface area contributed by atoms with E-state index >= 15 is 0 Å². The highest BCUT2D eigenvalue weighted by Gasteiger charge is 2.56. The van der Waals surface area contributed by atoms with E-state index < -0.39 is 8.32 Å². The van der Waals surface area contributed by atoms with E-state index in [4.69, 9.17) is 9.16 Å². The Kier molecular flexibility index (Phi) is 8.13. The van der Waals surface area contributed by atoms with Gasteiger partial charge in [-0.15, -0.1) is 0 Å². The van der Waals surface area contributed by atoms with Crippen LogP contribution in [0.3, 0.4) is 0 Å². The maximum Gasteiger partial charge on any atom is 0.323 e. The molecule has 0 aromatic heterocycles. The van der Waals surface area contributed by atoms with E-state index in [2.05, 4.69) is 111 Å². The van der Waals surface area contributed by atoms with E-state index in [9.17, 15) is 4.79 Å². The summed E-state index contributed by atoms with van der Waals surface area (Å²) in [5, 5.41) is 2.55. The number of hydrogen-bond acceptors (Lipinski definition) is 4. The van der Waals surface area contributed by atoms with Crippen LogP contribution in [0.4, 0.5) is 0 Å². The zero-order valence-electron chi connectivity index (χ0n) is 23.9. The zero-order valence-corrected chi connectivity index (χ0v) is 24.9. The van der Waals surface area contributed by atoms with Crippen molar-refractivity contribution in [2.75, 3.05) is 13.7 Å². The molecule has 3 atom stereocenters. The fraction of sp³-hybridized carbons (Fsp3) is 0.441. The largest absolute Gasteiger partial charge is 0.468 e. The average Bonchev–Trinajstić information content (AvgIpc) is 3.28. The molecule has 1 aliphatic heterocycles. The molecule has 3 aromatic rings. The lowest BCUT2D eigenvalue weighted by molar-refractivity contribution is -0.151. The van der Waals surface area contributed by atoms with Crippen LogP contribution >= 0.6 is 0 Å². The first-order valence-electron chi connectivity index (χ1n) is 14.4. The second kappa shape index (κ2) is 11.4. The van der Waals surface area contributed by atoms with Gasteiger partial charge in [-0.1, -0.05) is 118 Å². The van der Waals surface area contributed by atoms with E-state index in [1.54, 1.807) is 0 Å². The lowest BCUT2D eigenvalue weighted by Gasteiger charge is -2.49. The van der Waals surface area contributed by atoms with Gasteiger partial charge in [-0.25, -0.2) is 0 Å². The van der Waals surface area contributed by atoms with Crippen LogP contribution in [0, 0.1) is 5.41 Å². The Bertz CT molecular complexity index is 1190. The van der Waals surface area contributed by atoms with Gasteiger partial charge in [-0.05, 0) is 53.2 Å². The minimum Gasteiger partial charge on any atom is -0.468 e. The van der Waals surface area contributed by atoms with Crippen molar-refractivity contribution in [1.29, 1.82) is 0 Å². The third-order valence-corrected chi connectivity index (χ3v) is 14.2. The summed E-state index contributed by atoms with van der Waals surface area (Å²) in [5.74, 6) is -0.102. The van der Waals surface area contributed by atoms with E-state index in [0.717, 1.165) is 45.2 Å². The average molecular weight is 542 g/mol. The quantitative estimate of drug-likeness (QED) is 0.274. The summed E-state index contributed by atoms with van der Waals surface area (Å²) in [6.07, 6.45) is 5.12. The van der Waals surface area contributed by atoms with Crippen LogP contribution in [0.15, 0.2) is 91.0 Å². The first-order chi connectivity index (χ1) is 18.8. The van der Waals surface area contributed by atoms with Crippen molar-refractivity contribution < 1.29 is 14.0 Å². The fourth-order valence-corrected chi connectivity index (χ4v) is 12.1. The van der Waals surface area contributed by atoms with Crippen molar-refractivity contribution in [3.63, 3.8) is 0 Å². The number of esters is 1. The van der Waals surface area contributed by atoms with Gasteiger partial charge >= 0.3 is 5.97 Å². The molecule has 2 fully saturated rings. The predicted octanol–water partition coefficient (Wildman–Crippen LogP) is 5.94. The lowest BCUT2D eigenvalue weighted by Crippen LogP contribution is -2.68. The Morgan fingerprint density at radius 2 is 1.46 bits per heavy atom. The van der Waals surface area contributed by atoms with Crippen LogP contribution in [0.25, 0.3) is 0 Å². The molecule has 1 aliphatic carbocycles. The summed E-state index contributed by atoms with van der Waals surface area (Å²) >= 11 is 0. The molecule has 0 radical (unpaired) electrons. The number of likely N-dealkylation sites (tertiary alicyclic amines) is 1. The Morgan fingerprint density at radius 3 is 2.00 bits per heavy atom. The molecule has 2 aliphatic rings. The number of nitrogens with zero attached hydrogens (tertiary/aromatic N) is 1. The van der Waals surface area contributed by atoms with E-state index in [-0.39, 0.29) is 28.6 Å². The fourth-order valence-electron chi connectivity index (χ4n) is 7.37. The van der Waals surface area contributed by atoms with Crippen molar-refractivity contribution in [1.82, 2.24) is 4.90 Å². The zero-order chi connectivity index (χ0) is 27.5. The molecule has 39 heavy (non-hydrogen) atoms. The Labute approximate surface area is 235 Å². The first kappa shape index (κ1) is 27.8. The van der Waals surface area contributed by atoms with Crippen molar-refractivity contribution in [2.24, 2.45) is 5.41 Å². The van der Waals surface area contributed by atoms with Crippen LogP contribution in [-0.2, 0) is 20.5 Å². The van der Waals surface area contributed by atoms with Gasteiger partial charge in [0.1, 0.15) is 6.04 Å². The van der Waals surface area contributed by atoms with Crippen LogP contribution in [-0.4, -0.2) is 45.0 Å². The van der Waals surface area contributed by atoms with Gasteiger partial charge in [0.15, 0.2) is 0 Å². The molecule has 1 saturated heterocycles. The van der Waals surface area contributed by atoms with Gasteiger partial charge in [0.2, 0.25) is 0 Å². The summed E-state index contributed by atoms with van der Waals surface area (Å²) in [6, 6.07) is 32.0. The summed E-state index contributed by atoms with van der Waals surface area (Å²) in [4.78, 5) is 15.7. The molecule has 5 heteroatoms. The molecule has 206 valence electrons. The molecule has 1 heterocycles. The number of methoxy groups -OCH3 is 1. The summed E-state index contributed by atoms with van der Waals surface area (Å²) < 4.78 is 13.0. The normalized spacial score (nSPS) is 24.1. The van der Waals surface area contributed by atoms with Crippen molar-refractivity contribution >= 4 is 24.7 Å². The van der Waals surface area contributed by atoms with Gasteiger partial charge < -0.3 is 9.16 Å². The SMILES string of the molecule is COC(=O)C1N(Cc2ccccc2)CCC12CCCC(O[Si](c1ccccc1)(c1ccccc1)C(C)(C)C)C2. The minimum absolute atomic E-state index is 0.0723. The third-order valence-electron chi connectivity index (χ3n) is 9.09. The van der Waals surface area contributed by atoms with Gasteiger partial charge in [0, 0.05) is 18.1 Å². The third kappa shape index (κ3) is 5.37. The van der Waals surface area contributed by atoms with Gasteiger partial charge in [-0.2, -0.15) is 0 Å². The molecule has 3 unspecified atom stereocenters. The molecule has 0 bridgehead atoms. The van der Waals surface area contributed by atoms with Crippen molar-refractivity contribution in [3.8, 4) is 0 Å². The van der Waals surface area contributed by atoms with E-state index in [0.29, 0.717) is 0 Å². The topological polar surface area (TPSA) is 38.8 Å². The summed E-state index contributed by atoms with van der Waals surface area (Å²) in [7, 11) is -1.13. The number of rotatable bonds is 7. The van der Waals surface area contributed by atoms with Gasteiger partial charge in [0.25, 0.3) is 8.32 Å². The molecule has 1 saturated carbocycles. The second-order valence-electron chi connectivity index (χ2n) is 12.5. The molecule has 5 rings (SSSR count). The van der Waals surface area contributed by atoms with Gasteiger partial charge in [-0.3, -0.25) is 9.69 Å². The first-order valence-corrected chi connectivity index (χ1v) is 16.3. The second-order valence-corrected chi connectivity index (χ2v) is 16.7. The highest BCUT2D eigenvalue weighted by Crippen LogP contribution is 2.51. The maximum absolute atomic E-state index is 13.4. The monoisotopic (exact) mass is 541 g/mol. The van der Waals surface area contributed by atoms with Crippen molar-refractivity contribution in [3.05, 3.63) is 96.6 Å². The summed E-state index contributed by atoms with van der Waals surface area (Å²) in [5.41, 5.74) is 1.11. The Hall–Kier alpha value is -2.73. The number of benzene rings is 3. The molecular formula is C34H43NO3Si. The highest BCUT2D eigenvalue weighted by atomic mass is 28.4. The van der Waals surface area contributed by atoms with Crippen LogP contribution in [0.1, 0.15) is 58.4 Å². The highest BCUT2D eigenvalue weighted by molar-refractivity contribution is 6.99. The maximum atomic E-state index is 13.4. The van der Waals surface area contributed by atoms with Crippen LogP contribution in [0.5, 0.6) is 0 Å². The molecular weight excluding hydrogens is 498 g/mol. The Morgan fingerprint density at radius 1 is 0.897 bits per heavy atom. The van der Waals surface area contributed by atoms with Gasteiger partial charge in [0.05, 0.1) is 7.11 Å². The summed E-state index contributed by atoms with van der Waals surface area (Å²) in [6.45, 7) is 8.69. The Balaban J connectivity index is 1.50. The molecule has 0 N–H and O–H groups in total. The van der Waals surface area contributed by atoms with Crippen LogP contribution < -0.4 is 10.4 Å². The minimum atomic E-state index is -2.67. The van der Waals surface area contributed by atoms with Crippen LogP contribution in [0.2, 0.25) is 5.04 Å². The number of ether oxygens (including phenoxy) is 1. The molecule has 3 aromatic carbocycles.